The van der Waals surface area contributed by atoms with Gasteiger partial charge in [0.25, 0.3) is 5.91 Å². The first-order valence-electron chi connectivity index (χ1n) is 6.13. The Morgan fingerprint density at radius 3 is 2.55 bits per heavy atom. The maximum absolute atomic E-state index is 11.8. The van der Waals surface area contributed by atoms with E-state index in [1.54, 1.807) is 0 Å². The van der Waals surface area contributed by atoms with Crippen molar-refractivity contribution in [2.24, 2.45) is 0 Å². The average molecular weight is 382 g/mol. The van der Waals surface area contributed by atoms with Gasteiger partial charge in [-0.1, -0.05) is 6.07 Å². The number of ether oxygens (including phenoxy) is 1. The van der Waals surface area contributed by atoms with Gasteiger partial charge in [-0.05, 0) is 65.1 Å². The number of anilines is 2. The number of carbonyl (C=O) groups is 1. The summed E-state index contributed by atoms with van der Waals surface area (Å²) < 4.78 is 6.50. The summed E-state index contributed by atoms with van der Waals surface area (Å²) in [5, 5.41) is 5.82. The van der Waals surface area contributed by atoms with Gasteiger partial charge in [-0.15, -0.1) is 0 Å². The molecule has 0 saturated heterocycles. The molecule has 4 nitrogen and oxygen atoms in total. The smallest absolute Gasteiger partial charge is 0.262 e. The van der Waals surface area contributed by atoms with Crippen molar-refractivity contribution >= 4 is 39.9 Å². The van der Waals surface area contributed by atoms with E-state index in [1.165, 1.54) is 0 Å². The van der Waals surface area contributed by atoms with Crippen molar-refractivity contribution in [1.82, 2.24) is 0 Å². The van der Waals surface area contributed by atoms with Crippen LogP contribution in [0.5, 0.6) is 5.75 Å². The maximum Gasteiger partial charge on any atom is 0.262 e. The molecular formula is C15H15IN2O2. The predicted molar refractivity (Wildman–Crippen MR) is 89.3 cm³/mol. The van der Waals surface area contributed by atoms with Gasteiger partial charge in [-0.2, -0.15) is 0 Å². The van der Waals surface area contributed by atoms with E-state index in [2.05, 4.69) is 33.2 Å². The Morgan fingerprint density at radius 1 is 1.15 bits per heavy atom. The summed E-state index contributed by atoms with van der Waals surface area (Å²) in [6.45, 7) is -0.00955. The number of rotatable bonds is 5. The van der Waals surface area contributed by atoms with E-state index in [0.717, 1.165) is 14.9 Å². The lowest BCUT2D eigenvalue weighted by Crippen LogP contribution is -2.20. The molecule has 2 rings (SSSR count). The lowest BCUT2D eigenvalue weighted by atomic mass is 10.3. The first-order chi connectivity index (χ1) is 9.67. The molecule has 0 radical (unpaired) electrons. The number of amides is 1. The fraction of sp³-hybridized carbons (Fsp3) is 0.133. The summed E-state index contributed by atoms with van der Waals surface area (Å²) in [6.07, 6.45) is 0. The van der Waals surface area contributed by atoms with Gasteiger partial charge >= 0.3 is 0 Å². The van der Waals surface area contributed by atoms with Gasteiger partial charge in [0.2, 0.25) is 0 Å². The Kier molecular flexibility index (Phi) is 5.23. The van der Waals surface area contributed by atoms with Crippen LogP contribution in [0.15, 0.2) is 48.5 Å². The highest BCUT2D eigenvalue weighted by Gasteiger charge is 2.04. The van der Waals surface area contributed by atoms with Crippen LogP contribution in [0.4, 0.5) is 11.4 Å². The zero-order valence-electron chi connectivity index (χ0n) is 11.0. The minimum absolute atomic E-state index is 0.00955. The second-order valence-electron chi connectivity index (χ2n) is 4.12. The van der Waals surface area contributed by atoms with Gasteiger partial charge in [-0.3, -0.25) is 4.79 Å². The van der Waals surface area contributed by atoms with Crippen molar-refractivity contribution in [3.8, 4) is 5.75 Å². The predicted octanol–water partition coefficient (Wildman–Crippen LogP) is 3.35. The molecule has 0 aromatic heterocycles. The Morgan fingerprint density at radius 2 is 1.90 bits per heavy atom. The molecule has 2 aromatic carbocycles. The number of carbonyl (C=O) groups excluding carboxylic acids is 1. The molecule has 0 spiro atoms. The van der Waals surface area contributed by atoms with Crippen LogP contribution in [0.25, 0.3) is 0 Å². The van der Waals surface area contributed by atoms with E-state index in [4.69, 9.17) is 4.74 Å². The van der Waals surface area contributed by atoms with E-state index in [9.17, 15) is 4.79 Å². The van der Waals surface area contributed by atoms with E-state index >= 15 is 0 Å². The molecule has 0 saturated carbocycles. The zero-order chi connectivity index (χ0) is 14.4. The Hall–Kier alpha value is -1.76. The second-order valence-corrected chi connectivity index (χ2v) is 5.37. The third-order valence-corrected chi connectivity index (χ3v) is 3.29. The summed E-state index contributed by atoms with van der Waals surface area (Å²) in [7, 11) is 1.85. The summed E-state index contributed by atoms with van der Waals surface area (Å²) in [6, 6.07) is 15.1. The minimum Gasteiger partial charge on any atom is -0.484 e. The first kappa shape index (κ1) is 14.6. The van der Waals surface area contributed by atoms with E-state index < -0.39 is 0 Å². The standard InChI is InChI=1S/C15H15IN2O2/c1-17-12-5-7-14(8-6-12)20-10-15(19)18-13-4-2-3-11(16)9-13/h2-9,17H,10H2,1H3,(H,18,19). The maximum atomic E-state index is 11.8. The van der Waals surface area contributed by atoms with Crippen LogP contribution in [0.1, 0.15) is 0 Å². The minimum atomic E-state index is -0.176. The lowest BCUT2D eigenvalue weighted by Gasteiger charge is -2.08. The van der Waals surface area contributed by atoms with Crippen molar-refractivity contribution in [2.75, 3.05) is 24.3 Å². The molecule has 20 heavy (non-hydrogen) atoms. The second kappa shape index (κ2) is 7.14. The fourth-order valence-corrected chi connectivity index (χ4v) is 2.17. The molecule has 0 fully saturated rings. The molecule has 104 valence electrons. The van der Waals surface area contributed by atoms with Gasteiger partial charge in [0.1, 0.15) is 5.75 Å². The summed E-state index contributed by atoms with van der Waals surface area (Å²) in [5.41, 5.74) is 1.77. The van der Waals surface area contributed by atoms with Crippen LogP contribution in [-0.4, -0.2) is 19.6 Å². The van der Waals surface area contributed by atoms with Gasteiger partial charge in [-0.25, -0.2) is 0 Å². The van der Waals surface area contributed by atoms with Crippen LogP contribution < -0.4 is 15.4 Å². The van der Waals surface area contributed by atoms with E-state index in [1.807, 2.05) is 55.6 Å². The average Bonchev–Trinajstić information content (AvgIpc) is 2.46. The Bertz CT molecular complexity index is 585. The molecule has 0 unspecified atom stereocenters. The third kappa shape index (κ3) is 4.41. The number of halogens is 1. The van der Waals surface area contributed by atoms with Gasteiger partial charge in [0.05, 0.1) is 0 Å². The molecule has 2 aromatic rings. The monoisotopic (exact) mass is 382 g/mol. The first-order valence-corrected chi connectivity index (χ1v) is 7.21. The van der Waals surface area contributed by atoms with Crippen LogP contribution >= 0.6 is 22.6 Å². The zero-order valence-corrected chi connectivity index (χ0v) is 13.2. The van der Waals surface area contributed by atoms with Crippen molar-refractivity contribution in [3.05, 3.63) is 52.1 Å². The highest BCUT2D eigenvalue weighted by molar-refractivity contribution is 14.1. The van der Waals surface area contributed by atoms with Crippen molar-refractivity contribution < 1.29 is 9.53 Å². The Labute approximate surface area is 131 Å². The Balaban J connectivity index is 1.85. The molecule has 0 aliphatic carbocycles. The van der Waals surface area contributed by atoms with Crippen molar-refractivity contribution in [1.29, 1.82) is 0 Å². The van der Waals surface area contributed by atoms with Crippen LogP contribution in [0, 0.1) is 3.57 Å². The number of hydrogen-bond donors (Lipinski definition) is 2. The highest BCUT2D eigenvalue weighted by atomic mass is 127. The summed E-state index contributed by atoms with van der Waals surface area (Å²) >= 11 is 2.20. The third-order valence-electron chi connectivity index (χ3n) is 2.62. The molecule has 1 amide bonds. The van der Waals surface area contributed by atoms with Gasteiger partial charge in [0, 0.05) is 22.0 Å². The topological polar surface area (TPSA) is 50.4 Å². The molecule has 0 heterocycles. The molecule has 0 atom stereocenters. The molecule has 0 bridgehead atoms. The summed E-state index contributed by atoms with van der Waals surface area (Å²) in [4.78, 5) is 11.8. The van der Waals surface area contributed by atoms with Crippen LogP contribution in [-0.2, 0) is 4.79 Å². The normalized spacial score (nSPS) is 9.90. The van der Waals surface area contributed by atoms with E-state index in [0.29, 0.717) is 5.75 Å². The fourth-order valence-electron chi connectivity index (χ4n) is 1.63. The molecule has 5 heteroatoms. The van der Waals surface area contributed by atoms with Gasteiger partial charge < -0.3 is 15.4 Å². The molecular weight excluding hydrogens is 367 g/mol. The van der Waals surface area contributed by atoms with Crippen molar-refractivity contribution in [3.63, 3.8) is 0 Å². The van der Waals surface area contributed by atoms with Gasteiger partial charge in [0.15, 0.2) is 6.61 Å². The SMILES string of the molecule is CNc1ccc(OCC(=O)Nc2cccc(I)c2)cc1. The molecule has 2 N–H and O–H groups in total. The summed E-state index contributed by atoms with van der Waals surface area (Å²) in [5.74, 6) is 0.492. The molecule has 0 aliphatic rings. The van der Waals surface area contributed by atoms with E-state index in [-0.39, 0.29) is 12.5 Å². The van der Waals surface area contributed by atoms with Crippen molar-refractivity contribution in [2.45, 2.75) is 0 Å². The number of benzene rings is 2. The van der Waals surface area contributed by atoms with Crippen LogP contribution in [0.3, 0.4) is 0 Å². The largest absolute Gasteiger partial charge is 0.484 e. The quantitative estimate of drug-likeness (QED) is 0.780. The number of hydrogen-bond acceptors (Lipinski definition) is 3. The lowest BCUT2D eigenvalue weighted by molar-refractivity contribution is -0.118. The molecule has 0 aliphatic heterocycles. The highest BCUT2D eigenvalue weighted by Crippen LogP contribution is 2.15. The number of nitrogens with one attached hydrogen (secondary N) is 2. The van der Waals surface area contributed by atoms with Crippen LogP contribution in [0.2, 0.25) is 0 Å².